The van der Waals surface area contributed by atoms with Gasteiger partial charge in [0.25, 0.3) is 0 Å². The van der Waals surface area contributed by atoms with Gasteiger partial charge >= 0.3 is 188 Å². The van der Waals surface area contributed by atoms with Crippen LogP contribution in [0.2, 0.25) is 39.3 Å². The van der Waals surface area contributed by atoms with Crippen LogP contribution in [-0.2, 0) is 39.6 Å². The van der Waals surface area contributed by atoms with Crippen molar-refractivity contribution >= 4 is 45.2 Å². The monoisotopic (exact) mass is 584 g/mol. The molecule has 0 aromatic carbocycles. The van der Waals surface area contributed by atoms with E-state index in [4.69, 9.17) is 18.3 Å². The maximum absolute atomic E-state index is 6.04. The number of hydrogen-bond donors (Lipinski definition) is 0. The maximum atomic E-state index is 6.04. The van der Waals surface area contributed by atoms with Crippen molar-refractivity contribution in [1.29, 1.82) is 0 Å². The van der Waals surface area contributed by atoms with E-state index in [9.17, 15) is 0 Å². The van der Waals surface area contributed by atoms with Crippen molar-refractivity contribution < 1.29 is 39.6 Å². The summed E-state index contributed by atoms with van der Waals surface area (Å²) in [6.45, 7) is 19.3. The topological polar surface area (TPSA) is 36.9 Å². The van der Waals surface area contributed by atoms with Crippen molar-refractivity contribution in [3.05, 3.63) is 42.4 Å². The molecule has 0 aliphatic heterocycles. The molecule has 31 heavy (non-hydrogen) atoms. The van der Waals surface area contributed by atoms with E-state index in [-0.39, 0.29) is 37.4 Å². The predicted octanol–water partition coefficient (Wildman–Crippen LogP) is 7.04. The van der Waals surface area contributed by atoms with E-state index < -0.39 is 37.9 Å². The smallest absolute Gasteiger partial charge is 0.147 e. The number of halogens is 2. The molecule has 2 aliphatic rings. The Kier molecular flexibility index (Phi) is 13.3. The normalized spacial score (nSPS) is 17.8. The summed E-state index contributed by atoms with van der Waals surface area (Å²) in [5.41, 5.74) is 0. The van der Waals surface area contributed by atoms with Crippen LogP contribution in [0.4, 0.5) is 0 Å². The van der Waals surface area contributed by atoms with E-state index in [2.05, 4.69) is 74.2 Å². The molecule has 0 heterocycles. The Hall–Kier alpha value is 0.247. The minimum absolute atomic E-state index is 0. The van der Waals surface area contributed by atoms with Gasteiger partial charge in [0.2, 0.25) is 0 Å². The summed E-state index contributed by atoms with van der Waals surface area (Å²) in [6, 6.07) is 0. The van der Waals surface area contributed by atoms with E-state index in [1.54, 1.807) is 6.56 Å². The van der Waals surface area contributed by atoms with Gasteiger partial charge in [-0.05, 0) is 0 Å². The molecule has 0 amide bonds. The Morgan fingerprint density at radius 2 is 1.13 bits per heavy atom. The number of rotatable bonds is 10. The molecule has 178 valence electrons. The average molecular weight is 587 g/mol. The predicted molar refractivity (Wildman–Crippen MR) is 138 cm³/mol. The summed E-state index contributed by atoms with van der Waals surface area (Å²) >= 11 is -1.97. The van der Waals surface area contributed by atoms with Gasteiger partial charge in [0.05, 0.1) is 0 Å². The fraction of sp³-hybridized carbons (Fsp3) is 0.591. The molecule has 0 saturated carbocycles. The SMILES string of the molecule is C[CH]=[Zr]([C]1=CC(OC(C)O[Si](C)(C)C)=CC1)[C]1=CC(OC(C)O[Si](C)(C)C)=CC1.Cl.Cl. The van der Waals surface area contributed by atoms with Crippen LogP contribution in [-0.4, -0.2) is 32.9 Å². The molecule has 0 N–H and O–H groups in total. The van der Waals surface area contributed by atoms with Crippen molar-refractivity contribution in [2.45, 2.75) is 85.5 Å². The first kappa shape index (κ1) is 31.2. The summed E-state index contributed by atoms with van der Waals surface area (Å²) in [4.78, 5) is 0. The van der Waals surface area contributed by atoms with E-state index in [0.717, 1.165) is 24.4 Å². The van der Waals surface area contributed by atoms with Crippen LogP contribution >= 0.6 is 24.8 Å². The van der Waals surface area contributed by atoms with Crippen molar-refractivity contribution in [2.75, 3.05) is 0 Å². The molecule has 2 atom stereocenters. The van der Waals surface area contributed by atoms with Crippen molar-refractivity contribution in [3.8, 4) is 0 Å². The first-order valence-corrected chi connectivity index (χ1v) is 21.2. The molecule has 2 aliphatic carbocycles. The first-order chi connectivity index (χ1) is 13.4. The second-order valence-corrected chi connectivity index (χ2v) is 25.0. The summed E-state index contributed by atoms with van der Waals surface area (Å²) in [7, 11) is -3.20. The van der Waals surface area contributed by atoms with Crippen LogP contribution in [0.15, 0.2) is 42.4 Å². The van der Waals surface area contributed by atoms with Gasteiger partial charge in [0.15, 0.2) is 0 Å². The van der Waals surface area contributed by atoms with Gasteiger partial charge < -0.3 is 0 Å². The molecule has 2 unspecified atom stereocenters. The third-order valence-corrected chi connectivity index (χ3v) is 12.9. The zero-order valence-corrected chi connectivity index (χ0v) is 26.5. The Morgan fingerprint density at radius 1 is 0.774 bits per heavy atom. The van der Waals surface area contributed by atoms with Gasteiger partial charge in [0.1, 0.15) is 0 Å². The van der Waals surface area contributed by atoms with E-state index >= 15 is 0 Å². The average Bonchev–Trinajstić information content (AvgIpc) is 3.14. The van der Waals surface area contributed by atoms with E-state index in [1.165, 1.54) is 0 Å². The van der Waals surface area contributed by atoms with Crippen LogP contribution in [0.5, 0.6) is 0 Å². The van der Waals surface area contributed by atoms with Crippen LogP contribution in [0.3, 0.4) is 0 Å². The number of allylic oxidation sites excluding steroid dienone is 6. The van der Waals surface area contributed by atoms with E-state index in [1.807, 2.05) is 13.8 Å². The molecule has 0 bridgehead atoms. The molecule has 0 radical (unpaired) electrons. The first-order valence-electron chi connectivity index (χ1n) is 10.5. The number of ether oxygens (including phenoxy) is 2. The second kappa shape index (κ2) is 13.2. The van der Waals surface area contributed by atoms with Gasteiger partial charge in [0, 0.05) is 0 Å². The number of hydrogen-bond acceptors (Lipinski definition) is 4. The molecule has 0 aromatic rings. The third-order valence-electron chi connectivity index (χ3n) is 4.30. The molecular formula is C22H40Cl2O4Si2Zr. The third kappa shape index (κ3) is 11.3. The van der Waals surface area contributed by atoms with Crippen LogP contribution in [0.25, 0.3) is 0 Å². The van der Waals surface area contributed by atoms with Crippen LogP contribution in [0.1, 0.15) is 33.6 Å². The summed E-state index contributed by atoms with van der Waals surface area (Å²) in [5, 5.41) is 0. The minimum Gasteiger partial charge on any atom is -0.147 e. The van der Waals surface area contributed by atoms with Crippen molar-refractivity contribution in [1.82, 2.24) is 0 Å². The Balaban J connectivity index is 0.00000450. The molecule has 0 saturated heterocycles. The Bertz CT molecular complexity index is 702. The van der Waals surface area contributed by atoms with E-state index in [0.29, 0.717) is 0 Å². The Morgan fingerprint density at radius 3 is 1.42 bits per heavy atom. The quantitative estimate of drug-likeness (QED) is 0.203. The Labute approximate surface area is 211 Å². The van der Waals surface area contributed by atoms with Gasteiger partial charge in [-0.2, -0.15) is 0 Å². The van der Waals surface area contributed by atoms with Gasteiger partial charge in [-0.15, -0.1) is 24.8 Å². The van der Waals surface area contributed by atoms with Crippen molar-refractivity contribution in [2.24, 2.45) is 0 Å². The van der Waals surface area contributed by atoms with Gasteiger partial charge in [-0.25, -0.2) is 0 Å². The second-order valence-electron chi connectivity index (χ2n) is 9.49. The standard InChI is InChI=1S/2C10H17O2Si.C2H4.2ClH.Zr/c2*1-9(12-13(2,3)4)11-10-7-5-6-8-10;1-2;;;/h2*7-9H,5H2,1-4H3;1H,2H3;2*1H;. The largest absolute Gasteiger partial charge is 0.147 e. The fourth-order valence-corrected chi connectivity index (χ4v) is 11.5. The fourth-order valence-electron chi connectivity index (χ4n) is 3.54. The van der Waals surface area contributed by atoms with Gasteiger partial charge in [-0.1, -0.05) is 0 Å². The molecule has 2 rings (SSSR count). The van der Waals surface area contributed by atoms with Crippen molar-refractivity contribution in [3.63, 3.8) is 0 Å². The van der Waals surface area contributed by atoms with Crippen LogP contribution in [0, 0.1) is 0 Å². The van der Waals surface area contributed by atoms with Crippen LogP contribution < -0.4 is 0 Å². The molecule has 4 nitrogen and oxygen atoms in total. The zero-order valence-electron chi connectivity index (χ0n) is 20.4. The minimum atomic E-state index is -1.97. The molecule has 0 spiro atoms. The summed E-state index contributed by atoms with van der Waals surface area (Å²) < 4.78 is 29.7. The molecule has 0 aromatic heterocycles. The molecular weight excluding hydrogens is 547 g/mol. The summed E-state index contributed by atoms with van der Waals surface area (Å²) in [5.74, 6) is 1.93. The molecule has 0 fully saturated rings. The maximum Gasteiger partial charge on any atom is -0.147 e. The van der Waals surface area contributed by atoms with Gasteiger partial charge in [-0.3, -0.25) is 0 Å². The molecule has 9 heteroatoms. The zero-order chi connectivity index (χ0) is 21.8. The summed E-state index contributed by atoms with van der Waals surface area (Å²) in [6.07, 6.45) is 10.5.